The minimum atomic E-state index is -0.473. The molecule has 0 saturated carbocycles. The van der Waals surface area contributed by atoms with Crippen molar-refractivity contribution in [3.05, 3.63) is 23.8 Å². The van der Waals surface area contributed by atoms with E-state index in [1.54, 1.807) is 23.9 Å². The number of nitrogen functional groups attached to an aromatic ring is 1. The van der Waals surface area contributed by atoms with Crippen LogP contribution in [0.15, 0.2) is 23.1 Å². The van der Waals surface area contributed by atoms with Gasteiger partial charge in [-0.05, 0) is 18.6 Å². The fraction of sp³-hybridized carbons (Fsp3) is 0.364. The number of carbonyl (C=O) groups is 1. The van der Waals surface area contributed by atoms with Crippen LogP contribution in [0.4, 0.5) is 5.69 Å². The predicted molar refractivity (Wildman–Crippen MR) is 65.0 cm³/mol. The maximum absolute atomic E-state index is 11.1. The predicted octanol–water partition coefficient (Wildman–Crippen LogP) is 2.26. The molecule has 0 aliphatic heterocycles. The largest absolute Gasteiger partial charge is 0.397 e. The van der Waals surface area contributed by atoms with E-state index in [1.807, 2.05) is 6.07 Å². The lowest BCUT2D eigenvalue weighted by molar-refractivity contribution is 0.100. The minimum Gasteiger partial charge on any atom is -0.397 e. The van der Waals surface area contributed by atoms with Gasteiger partial charge in [-0.3, -0.25) is 4.79 Å². The molecule has 1 amide bonds. The van der Waals surface area contributed by atoms with Gasteiger partial charge < -0.3 is 11.5 Å². The van der Waals surface area contributed by atoms with Crippen LogP contribution in [-0.4, -0.2) is 11.2 Å². The van der Waals surface area contributed by atoms with E-state index in [1.165, 1.54) is 0 Å². The average molecular weight is 224 g/mol. The first-order valence-electron chi connectivity index (χ1n) is 4.91. The van der Waals surface area contributed by atoms with E-state index < -0.39 is 5.91 Å². The number of primary amides is 1. The van der Waals surface area contributed by atoms with Gasteiger partial charge >= 0.3 is 0 Å². The molecule has 4 N–H and O–H groups in total. The monoisotopic (exact) mass is 224 g/mol. The van der Waals surface area contributed by atoms with Gasteiger partial charge in [0.15, 0.2) is 0 Å². The summed E-state index contributed by atoms with van der Waals surface area (Å²) in [5.41, 5.74) is 12.0. The number of amides is 1. The number of para-hydroxylation sites is 1. The number of thioether (sulfide) groups is 1. The van der Waals surface area contributed by atoms with E-state index >= 15 is 0 Å². The zero-order valence-electron chi connectivity index (χ0n) is 8.99. The molecule has 1 atom stereocenters. The van der Waals surface area contributed by atoms with Crippen LogP contribution in [0.5, 0.6) is 0 Å². The molecule has 3 nitrogen and oxygen atoms in total. The summed E-state index contributed by atoms with van der Waals surface area (Å²) in [6.45, 7) is 4.24. The smallest absolute Gasteiger partial charge is 0.250 e. The van der Waals surface area contributed by atoms with Crippen molar-refractivity contribution in [1.82, 2.24) is 0 Å². The Morgan fingerprint density at radius 3 is 2.73 bits per heavy atom. The molecular formula is C11H16N2OS. The van der Waals surface area contributed by atoms with Gasteiger partial charge in [-0.1, -0.05) is 19.9 Å². The summed E-state index contributed by atoms with van der Waals surface area (Å²) in [6.07, 6.45) is 1.06. The summed E-state index contributed by atoms with van der Waals surface area (Å²) in [5, 5.41) is 0.482. The number of rotatable bonds is 4. The molecule has 0 aliphatic rings. The lowest BCUT2D eigenvalue weighted by Crippen LogP contribution is -2.14. The molecule has 4 heteroatoms. The first-order valence-corrected chi connectivity index (χ1v) is 5.79. The number of anilines is 1. The highest BCUT2D eigenvalue weighted by Gasteiger charge is 2.11. The molecule has 0 heterocycles. The van der Waals surface area contributed by atoms with Gasteiger partial charge in [-0.2, -0.15) is 0 Å². The summed E-state index contributed by atoms with van der Waals surface area (Å²) in [6, 6.07) is 5.37. The summed E-state index contributed by atoms with van der Waals surface area (Å²) in [5.74, 6) is -0.473. The highest BCUT2D eigenvalue weighted by atomic mass is 32.2. The van der Waals surface area contributed by atoms with Crippen molar-refractivity contribution in [2.24, 2.45) is 5.73 Å². The minimum absolute atomic E-state index is 0.406. The average Bonchev–Trinajstić information content (AvgIpc) is 2.20. The number of carbonyl (C=O) groups excluding carboxylic acids is 1. The fourth-order valence-corrected chi connectivity index (χ4v) is 2.16. The van der Waals surface area contributed by atoms with Crippen LogP contribution in [-0.2, 0) is 0 Å². The van der Waals surface area contributed by atoms with Crippen LogP contribution < -0.4 is 11.5 Å². The number of nitrogens with two attached hydrogens (primary N) is 2. The summed E-state index contributed by atoms with van der Waals surface area (Å²) in [4.78, 5) is 12.0. The second kappa shape index (κ2) is 5.07. The van der Waals surface area contributed by atoms with Crippen molar-refractivity contribution in [2.75, 3.05) is 5.73 Å². The Hall–Kier alpha value is -1.16. The van der Waals surface area contributed by atoms with Gasteiger partial charge in [0.2, 0.25) is 0 Å². The molecule has 0 radical (unpaired) electrons. The van der Waals surface area contributed by atoms with Gasteiger partial charge in [-0.15, -0.1) is 11.8 Å². The van der Waals surface area contributed by atoms with Crippen LogP contribution in [0.25, 0.3) is 0 Å². The van der Waals surface area contributed by atoms with E-state index in [-0.39, 0.29) is 0 Å². The van der Waals surface area contributed by atoms with E-state index in [2.05, 4.69) is 13.8 Å². The summed E-state index contributed by atoms with van der Waals surface area (Å²) < 4.78 is 0. The summed E-state index contributed by atoms with van der Waals surface area (Å²) in [7, 11) is 0. The van der Waals surface area contributed by atoms with Gasteiger partial charge in [-0.25, -0.2) is 0 Å². The molecule has 1 unspecified atom stereocenters. The van der Waals surface area contributed by atoms with Crippen LogP contribution in [0.3, 0.4) is 0 Å². The molecule has 0 bridgehead atoms. The van der Waals surface area contributed by atoms with Crippen molar-refractivity contribution < 1.29 is 4.79 Å². The highest BCUT2D eigenvalue weighted by molar-refractivity contribution is 8.00. The Balaban J connectivity index is 2.99. The molecule has 15 heavy (non-hydrogen) atoms. The zero-order valence-corrected chi connectivity index (χ0v) is 9.80. The van der Waals surface area contributed by atoms with E-state index in [4.69, 9.17) is 11.5 Å². The Labute approximate surface area is 94.2 Å². The van der Waals surface area contributed by atoms with Gasteiger partial charge in [0.05, 0.1) is 11.3 Å². The van der Waals surface area contributed by atoms with Crippen molar-refractivity contribution in [3.63, 3.8) is 0 Å². The Bertz CT molecular complexity index is 366. The maximum atomic E-state index is 11.1. The number of hydrogen-bond acceptors (Lipinski definition) is 3. The summed E-state index contributed by atoms with van der Waals surface area (Å²) >= 11 is 1.67. The second-order valence-electron chi connectivity index (χ2n) is 3.42. The van der Waals surface area contributed by atoms with Crippen molar-refractivity contribution in [1.29, 1.82) is 0 Å². The quantitative estimate of drug-likeness (QED) is 0.609. The first-order chi connectivity index (χ1) is 7.06. The Morgan fingerprint density at radius 1 is 1.53 bits per heavy atom. The molecule has 0 aromatic heterocycles. The molecular weight excluding hydrogens is 208 g/mol. The van der Waals surface area contributed by atoms with Crippen LogP contribution >= 0.6 is 11.8 Å². The van der Waals surface area contributed by atoms with Crippen LogP contribution in [0.1, 0.15) is 30.6 Å². The normalized spacial score (nSPS) is 12.4. The Morgan fingerprint density at radius 2 is 2.20 bits per heavy atom. The number of benzene rings is 1. The molecule has 0 fully saturated rings. The van der Waals surface area contributed by atoms with E-state index in [0.29, 0.717) is 16.5 Å². The Kier molecular flexibility index (Phi) is 4.03. The SMILES string of the molecule is CCC(C)Sc1cccc(C(N)=O)c1N. The van der Waals surface area contributed by atoms with Crippen LogP contribution in [0.2, 0.25) is 0 Å². The molecule has 0 aliphatic carbocycles. The van der Waals surface area contributed by atoms with Crippen molar-refractivity contribution >= 4 is 23.4 Å². The topological polar surface area (TPSA) is 69.1 Å². The molecule has 0 spiro atoms. The lowest BCUT2D eigenvalue weighted by Gasteiger charge is -2.12. The van der Waals surface area contributed by atoms with E-state index in [0.717, 1.165) is 11.3 Å². The lowest BCUT2D eigenvalue weighted by atomic mass is 10.2. The zero-order chi connectivity index (χ0) is 11.4. The van der Waals surface area contributed by atoms with Crippen molar-refractivity contribution in [3.8, 4) is 0 Å². The third-order valence-corrected chi connectivity index (χ3v) is 3.58. The highest BCUT2D eigenvalue weighted by Crippen LogP contribution is 2.31. The third-order valence-electron chi connectivity index (χ3n) is 2.23. The molecule has 1 aromatic carbocycles. The van der Waals surface area contributed by atoms with Crippen LogP contribution in [0, 0.1) is 0 Å². The van der Waals surface area contributed by atoms with Crippen molar-refractivity contribution in [2.45, 2.75) is 30.4 Å². The first kappa shape index (κ1) is 11.9. The van der Waals surface area contributed by atoms with Gasteiger partial charge in [0, 0.05) is 10.1 Å². The molecule has 1 rings (SSSR count). The molecule has 1 aromatic rings. The number of hydrogen-bond donors (Lipinski definition) is 2. The van der Waals surface area contributed by atoms with Gasteiger partial charge in [0.1, 0.15) is 0 Å². The standard InChI is InChI=1S/C11H16N2OS/c1-3-7(2)15-9-6-4-5-8(10(9)12)11(13)14/h4-7H,3,12H2,1-2H3,(H2,13,14). The second-order valence-corrected chi connectivity index (χ2v) is 4.90. The maximum Gasteiger partial charge on any atom is 0.250 e. The van der Waals surface area contributed by atoms with E-state index in [9.17, 15) is 4.79 Å². The molecule has 0 saturated heterocycles. The molecule has 82 valence electrons. The third kappa shape index (κ3) is 2.89. The van der Waals surface area contributed by atoms with Gasteiger partial charge in [0.25, 0.3) is 5.91 Å². The fourth-order valence-electron chi connectivity index (χ4n) is 1.16.